The van der Waals surface area contributed by atoms with Crippen molar-refractivity contribution in [3.8, 4) is 11.5 Å². The molecule has 100 valence electrons. The van der Waals surface area contributed by atoms with Crippen LogP contribution in [0.15, 0.2) is 36.4 Å². The number of ether oxygens (including phenoxy) is 1. The molecule has 3 heteroatoms. The van der Waals surface area contributed by atoms with E-state index in [9.17, 15) is 4.39 Å². The second-order valence-electron chi connectivity index (χ2n) is 4.87. The van der Waals surface area contributed by atoms with E-state index in [2.05, 4.69) is 6.07 Å². The van der Waals surface area contributed by atoms with Crippen LogP contribution in [0.5, 0.6) is 11.5 Å². The summed E-state index contributed by atoms with van der Waals surface area (Å²) in [4.78, 5) is 0. The van der Waals surface area contributed by atoms with Gasteiger partial charge in [0.2, 0.25) is 0 Å². The molecule has 2 nitrogen and oxygen atoms in total. The highest BCUT2D eigenvalue weighted by atomic mass is 19.1. The molecule has 0 amide bonds. The van der Waals surface area contributed by atoms with Crippen LogP contribution in [-0.2, 0) is 0 Å². The zero-order chi connectivity index (χ0) is 14.0. The summed E-state index contributed by atoms with van der Waals surface area (Å²) in [6.45, 7) is 5.74. The average molecular weight is 259 g/mol. The number of benzene rings is 2. The molecule has 1 unspecified atom stereocenters. The monoisotopic (exact) mass is 259 g/mol. The molecule has 0 aliphatic carbocycles. The van der Waals surface area contributed by atoms with E-state index in [-0.39, 0.29) is 5.82 Å². The SMILES string of the molecule is Cc1cc(C)cc(Oc2cccc(F)c2C(C)N)c1. The maximum absolute atomic E-state index is 13.8. The highest BCUT2D eigenvalue weighted by Crippen LogP contribution is 2.31. The Morgan fingerprint density at radius 1 is 1.11 bits per heavy atom. The van der Waals surface area contributed by atoms with E-state index in [1.807, 2.05) is 26.0 Å². The minimum Gasteiger partial charge on any atom is -0.457 e. The number of aryl methyl sites for hydroxylation is 2. The summed E-state index contributed by atoms with van der Waals surface area (Å²) in [6, 6.07) is 10.2. The number of hydrogen-bond donors (Lipinski definition) is 1. The van der Waals surface area contributed by atoms with Gasteiger partial charge < -0.3 is 10.5 Å². The molecule has 2 aromatic rings. The van der Waals surface area contributed by atoms with Crippen LogP contribution in [0.1, 0.15) is 29.7 Å². The van der Waals surface area contributed by atoms with Gasteiger partial charge in [-0.2, -0.15) is 0 Å². The van der Waals surface area contributed by atoms with E-state index in [1.165, 1.54) is 6.07 Å². The van der Waals surface area contributed by atoms with Crippen molar-refractivity contribution < 1.29 is 9.13 Å². The molecule has 19 heavy (non-hydrogen) atoms. The summed E-state index contributed by atoms with van der Waals surface area (Å²) >= 11 is 0. The summed E-state index contributed by atoms with van der Waals surface area (Å²) in [5, 5.41) is 0. The third-order valence-corrected chi connectivity index (χ3v) is 2.89. The van der Waals surface area contributed by atoms with Gasteiger partial charge in [0, 0.05) is 11.6 Å². The highest BCUT2D eigenvalue weighted by molar-refractivity contribution is 5.42. The molecule has 0 bridgehead atoms. The molecule has 0 radical (unpaired) electrons. The molecule has 2 rings (SSSR count). The Bertz CT molecular complexity index is 573. The fourth-order valence-corrected chi connectivity index (χ4v) is 2.17. The number of nitrogens with two attached hydrogens (primary N) is 1. The molecular weight excluding hydrogens is 241 g/mol. The van der Waals surface area contributed by atoms with E-state index in [0.29, 0.717) is 17.1 Å². The van der Waals surface area contributed by atoms with Gasteiger partial charge in [-0.15, -0.1) is 0 Å². The molecule has 0 spiro atoms. The fraction of sp³-hybridized carbons (Fsp3) is 0.250. The van der Waals surface area contributed by atoms with Crippen LogP contribution in [0.3, 0.4) is 0 Å². The molecule has 0 fully saturated rings. The van der Waals surface area contributed by atoms with Crippen LogP contribution in [0.25, 0.3) is 0 Å². The zero-order valence-corrected chi connectivity index (χ0v) is 11.4. The number of halogens is 1. The summed E-state index contributed by atoms with van der Waals surface area (Å²) in [6.07, 6.45) is 0. The van der Waals surface area contributed by atoms with Crippen LogP contribution in [0.2, 0.25) is 0 Å². The van der Waals surface area contributed by atoms with E-state index >= 15 is 0 Å². The average Bonchev–Trinajstić information content (AvgIpc) is 2.26. The first kappa shape index (κ1) is 13.6. The number of rotatable bonds is 3. The minimum absolute atomic E-state index is 0.336. The van der Waals surface area contributed by atoms with E-state index in [0.717, 1.165) is 11.1 Å². The first-order valence-corrected chi connectivity index (χ1v) is 6.27. The van der Waals surface area contributed by atoms with Crippen LogP contribution in [0, 0.1) is 19.7 Å². The normalized spacial score (nSPS) is 12.3. The molecule has 0 heterocycles. The second-order valence-corrected chi connectivity index (χ2v) is 4.87. The lowest BCUT2D eigenvalue weighted by atomic mass is 10.1. The van der Waals surface area contributed by atoms with Gasteiger partial charge in [0.25, 0.3) is 0 Å². The standard InChI is InChI=1S/C16H18FNO/c1-10-7-11(2)9-13(8-10)19-15-6-4-5-14(17)16(15)12(3)18/h4-9,12H,18H2,1-3H3. The fourth-order valence-electron chi connectivity index (χ4n) is 2.17. The lowest BCUT2D eigenvalue weighted by Crippen LogP contribution is -2.09. The summed E-state index contributed by atoms with van der Waals surface area (Å²) in [5.41, 5.74) is 8.42. The van der Waals surface area contributed by atoms with Crippen molar-refractivity contribution in [1.82, 2.24) is 0 Å². The van der Waals surface area contributed by atoms with Crippen molar-refractivity contribution in [3.63, 3.8) is 0 Å². The molecule has 1 atom stereocenters. The van der Waals surface area contributed by atoms with Crippen molar-refractivity contribution in [2.24, 2.45) is 5.73 Å². The zero-order valence-electron chi connectivity index (χ0n) is 11.4. The van der Waals surface area contributed by atoms with Crippen molar-refractivity contribution in [3.05, 3.63) is 58.9 Å². The van der Waals surface area contributed by atoms with Crippen LogP contribution < -0.4 is 10.5 Å². The maximum atomic E-state index is 13.8. The maximum Gasteiger partial charge on any atom is 0.135 e. The first-order valence-electron chi connectivity index (χ1n) is 6.27. The largest absolute Gasteiger partial charge is 0.457 e. The van der Waals surface area contributed by atoms with E-state index < -0.39 is 6.04 Å². The van der Waals surface area contributed by atoms with Crippen molar-refractivity contribution >= 4 is 0 Å². The first-order chi connectivity index (χ1) is 8.97. The minimum atomic E-state index is -0.415. The number of hydrogen-bond acceptors (Lipinski definition) is 2. The predicted molar refractivity (Wildman–Crippen MR) is 75.0 cm³/mol. The molecule has 0 aliphatic heterocycles. The van der Waals surface area contributed by atoms with Gasteiger partial charge >= 0.3 is 0 Å². The highest BCUT2D eigenvalue weighted by Gasteiger charge is 2.14. The van der Waals surface area contributed by atoms with Gasteiger partial charge in [0.15, 0.2) is 0 Å². The molecule has 0 saturated heterocycles. The lowest BCUT2D eigenvalue weighted by Gasteiger charge is -2.15. The van der Waals surface area contributed by atoms with Crippen LogP contribution in [0.4, 0.5) is 4.39 Å². The predicted octanol–water partition coefficient (Wildman–Crippen LogP) is 4.25. The van der Waals surface area contributed by atoms with Crippen molar-refractivity contribution in [2.45, 2.75) is 26.8 Å². The summed E-state index contributed by atoms with van der Waals surface area (Å²) < 4.78 is 19.6. The van der Waals surface area contributed by atoms with Crippen LogP contribution >= 0.6 is 0 Å². The van der Waals surface area contributed by atoms with Gasteiger partial charge in [-0.1, -0.05) is 12.1 Å². The third kappa shape index (κ3) is 3.12. The Balaban J connectivity index is 2.40. The Kier molecular flexibility index (Phi) is 3.86. The Hall–Kier alpha value is -1.87. The summed E-state index contributed by atoms with van der Waals surface area (Å²) in [7, 11) is 0. The van der Waals surface area contributed by atoms with Gasteiger partial charge in [-0.05, 0) is 56.2 Å². The smallest absolute Gasteiger partial charge is 0.135 e. The molecule has 0 aliphatic rings. The topological polar surface area (TPSA) is 35.2 Å². The van der Waals surface area contributed by atoms with Gasteiger partial charge in [-0.3, -0.25) is 0 Å². The Morgan fingerprint density at radius 2 is 1.74 bits per heavy atom. The van der Waals surface area contributed by atoms with Gasteiger partial charge in [0.1, 0.15) is 17.3 Å². The molecule has 0 saturated carbocycles. The van der Waals surface area contributed by atoms with Crippen molar-refractivity contribution in [2.75, 3.05) is 0 Å². The lowest BCUT2D eigenvalue weighted by molar-refractivity contribution is 0.460. The molecule has 0 aromatic heterocycles. The van der Waals surface area contributed by atoms with Gasteiger partial charge in [0.05, 0.1) is 0 Å². The molecule has 2 N–H and O–H groups in total. The molecule has 2 aromatic carbocycles. The van der Waals surface area contributed by atoms with Crippen LogP contribution in [-0.4, -0.2) is 0 Å². The van der Waals surface area contributed by atoms with Gasteiger partial charge in [-0.25, -0.2) is 4.39 Å². The second kappa shape index (κ2) is 5.41. The summed E-state index contributed by atoms with van der Waals surface area (Å²) in [5.74, 6) is 0.835. The third-order valence-electron chi connectivity index (χ3n) is 2.89. The Labute approximate surface area is 113 Å². The van der Waals surface area contributed by atoms with E-state index in [1.54, 1.807) is 19.1 Å². The van der Waals surface area contributed by atoms with E-state index in [4.69, 9.17) is 10.5 Å². The quantitative estimate of drug-likeness (QED) is 0.894. The molecular formula is C16H18FNO. The Morgan fingerprint density at radius 3 is 2.32 bits per heavy atom. The van der Waals surface area contributed by atoms with Crippen molar-refractivity contribution in [1.29, 1.82) is 0 Å².